The van der Waals surface area contributed by atoms with Crippen LogP contribution in [0.5, 0.6) is 0 Å². The number of nitrogens with one attached hydrogen (secondary N) is 1. The van der Waals surface area contributed by atoms with Crippen LogP contribution in [0.3, 0.4) is 0 Å². The Balaban J connectivity index is 4.82. The van der Waals surface area contributed by atoms with Crippen LogP contribution in [0.1, 0.15) is 60.3 Å². The number of ether oxygens (including phenoxy) is 3. The summed E-state index contributed by atoms with van der Waals surface area (Å²) in [7, 11) is 0. The first-order valence-corrected chi connectivity index (χ1v) is 10.7. The van der Waals surface area contributed by atoms with Crippen LogP contribution in [0.4, 0.5) is 0 Å². The molecule has 0 aliphatic carbocycles. The molecule has 8 nitrogen and oxygen atoms in total. The molecule has 0 aromatic heterocycles. The summed E-state index contributed by atoms with van der Waals surface area (Å²) in [6.07, 6.45) is 1.85. The second kappa shape index (κ2) is 16.1. The van der Waals surface area contributed by atoms with Crippen LogP contribution < -0.4 is 5.32 Å². The maximum Gasteiger partial charge on any atom is 0.207 e. The summed E-state index contributed by atoms with van der Waals surface area (Å²) in [5, 5.41) is 2.71. The van der Waals surface area contributed by atoms with Gasteiger partial charge < -0.3 is 19.5 Å². The molecule has 0 radical (unpaired) electrons. The van der Waals surface area contributed by atoms with E-state index in [2.05, 4.69) is 5.32 Å². The molecule has 0 aromatic rings. The Bertz CT molecular complexity index is 504. The van der Waals surface area contributed by atoms with E-state index < -0.39 is 5.54 Å². The summed E-state index contributed by atoms with van der Waals surface area (Å²) in [5.74, 6) is 0.166. The van der Waals surface area contributed by atoms with Gasteiger partial charge in [0, 0.05) is 37.5 Å². The standard InChI is InChI=1S/C22H39NO7/c1-6-19(25)7-10-28-13-22(23-16-24,14-29-11-8-20(26)17(2)3)15-30-12-9-21(27)18(4)5/h16-18H,6-15H2,1-5H3,(H,23,24). The molecule has 1 N–H and O–H groups in total. The van der Waals surface area contributed by atoms with E-state index in [1.54, 1.807) is 6.92 Å². The van der Waals surface area contributed by atoms with Crippen LogP contribution in [0.25, 0.3) is 0 Å². The number of carbonyl (C=O) groups is 4. The third kappa shape index (κ3) is 12.8. The van der Waals surface area contributed by atoms with Gasteiger partial charge in [-0.3, -0.25) is 19.2 Å². The van der Waals surface area contributed by atoms with Crippen molar-refractivity contribution in [1.82, 2.24) is 5.32 Å². The zero-order chi connectivity index (χ0) is 23.0. The number of Topliss-reactive ketones (excluding diaryl/α,β-unsaturated/α-hetero) is 3. The summed E-state index contributed by atoms with van der Waals surface area (Å²) in [6, 6.07) is 0. The Morgan fingerprint density at radius 1 is 0.800 bits per heavy atom. The van der Waals surface area contributed by atoms with Gasteiger partial charge in [-0.15, -0.1) is 0 Å². The van der Waals surface area contributed by atoms with Crippen molar-refractivity contribution in [2.45, 2.75) is 65.8 Å². The van der Waals surface area contributed by atoms with Crippen LogP contribution in [0.15, 0.2) is 0 Å². The Hall–Kier alpha value is -1.64. The number of rotatable bonds is 20. The summed E-state index contributed by atoms with van der Waals surface area (Å²) in [5.41, 5.74) is -0.973. The maximum atomic E-state index is 11.8. The van der Waals surface area contributed by atoms with Gasteiger partial charge in [0.2, 0.25) is 6.41 Å². The molecule has 0 fully saturated rings. The normalized spacial score (nSPS) is 11.7. The minimum atomic E-state index is -0.973. The average Bonchev–Trinajstić information content (AvgIpc) is 2.71. The highest BCUT2D eigenvalue weighted by Crippen LogP contribution is 2.11. The van der Waals surface area contributed by atoms with Crippen molar-refractivity contribution >= 4 is 23.8 Å². The van der Waals surface area contributed by atoms with E-state index in [0.29, 0.717) is 19.3 Å². The SMILES string of the molecule is CCC(=O)CCOCC(COCCC(=O)C(C)C)(COCCC(=O)C(C)C)NC=O. The summed E-state index contributed by atoms with van der Waals surface area (Å²) in [6.45, 7) is 10.0. The van der Waals surface area contributed by atoms with E-state index in [-0.39, 0.29) is 81.7 Å². The van der Waals surface area contributed by atoms with Crippen LogP contribution >= 0.6 is 0 Å². The Morgan fingerprint density at radius 2 is 1.20 bits per heavy atom. The molecule has 0 atom stereocenters. The molecule has 30 heavy (non-hydrogen) atoms. The van der Waals surface area contributed by atoms with Crippen LogP contribution in [0, 0.1) is 11.8 Å². The van der Waals surface area contributed by atoms with Gasteiger partial charge in [0.25, 0.3) is 0 Å². The molecule has 0 unspecified atom stereocenters. The largest absolute Gasteiger partial charge is 0.378 e. The highest BCUT2D eigenvalue weighted by atomic mass is 16.5. The molecule has 0 aliphatic rings. The number of amides is 1. The molecule has 0 heterocycles. The van der Waals surface area contributed by atoms with E-state index in [1.165, 1.54) is 0 Å². The Labute approximate surface area is 180 Å². The van der Waals surface area contributed by atoms with Gasteiger partial charge in [0.15, 0.2) is 0 Å². The number of hydrogen-bond donors (Lipinski definition) is 1. The Kier molecular flexibility index (Phi) is 15.2. The number of ketones is 3. The van der Waals surface area contributed by atoms with Gasteiger partial charge in [-0.1, -0.05) is 34.6 Å². The first kappa shape index (κ1) is 28.4. The predicted octanol–water partition coefficient (Wildman–Crippen LogP) is 2.12. The lowest BCUT2D eigenvalue weighted by atomic mass is 10.0. The lowest BCUT2D eigenvalue weighted by Crippen LogP contribution is -2.56. The van der Waals surface area contributed by atoms with E-state index in [1.807, 2.05) is 27.7 Å². The van der Waals surface area contributed by atoms with Crippen LogP contribution in [-0.2, 0) is 33.4 Å². The molecule has 0 aromatic carbocycles. The van der Waals surface area contributed by atoms with Crippen LogP contribution in [-0.4, -0.2) is 68.9 Å². The van der Waals surface area contributed by atoms with E-state index in [4.69, 9.17) is 14.2 Å². The molecule has 8 heteroatoms. The molecule has 0 aliphatic heterocycles. The first-order valence-electron chi connectivity index (χ1n) is 10.7. The van der Waals surface area contributed by atoms with Crippen molar-refractivity contribution in [2.24, 2.45) is 11.8 Å². The quantitative estimate of drug-likeness (QED) is 0.233. The zero-order valence-electron chi connectivity index (χ0n) is 19.2. The monoisotopic (exact) mass is 429 g/mol. The van der Waals surface area contributed by atoms with Crippen molar-refractivity contribution in [3.63, 3.8) is 0 Å². The first-order chi connectivity index (χ1) is 14.2. The molecular formula is C22H39NO7. The lowest BCUT2D eigenvalue weighted by Gasteiger charge is -2.32. The maximum absolute atomic E-state index is 11.8. The van der Waals surface area contributed by atoms with E-state index in [9.17, 15) is 19.2 Å². The average molecular weight is 430 g/mol. The van der Waals surface area contributed by atoms with Gasteiger partial charge in [-0.2, -0.15) is 0 Å². The number of hydrogen-bond acceptors (Lipinski definition) is 7. The highest BCUT2D eigenvalue weighted by molar-refractivity contribution is 5.80. The molecule has 0 rings (SSSR count). The van der Waals surface area contributed by atoms with Crippen molar-refractivity contribution in [2.75, 3.05) is 39.6 Å². The summed E-state index contributed by atoms with van der Waals surface area (Å²) in [4.78, 5) is 46.2. The molecule has 1 amide bonds. The van der Waals surface area contributed by atoms with Crippen LogP contribution in [0.2, 0.25) is 0 Å². The van der Waals surface area contributed by atoms with Crippen molar-refractivity contribution in [3.05, 3.63) is 0 Å². The third-order valence-corrected chi connectivity index (χ3v) is 4.69. The van der Waals surface area contributed by atoms with Gasteiger partial charge in [0.1, 0.15) is 22.9 Å². The topological polar surface area (TPSA) is 108 Å². The predicted molar refractivity (Wildman–Crippen MR) is 113 cm³/mol. The minimum absolute atomic E-state index is 0.0623. The third-order valence-electron chi connectivity index (χ3n) is 4.69. The van der Waals surface area contributed by atoms with E-state index >= 15 is 0 Å². The Morgan fingerprint density at radius 3 is 1.53 bits per heavy atom. The fourth-order valence-corrected chi connectivity index (χ4v) is 2.46. The van der Waals surface area contributed by atoms with Gasteiger partial charge in [-0.25, -0.2) is 0 Å². The molecular weight excluding hydrogens is 390 g/mol. The summed E-state index contributed by atoms with van der Waals surface area (Å²) < 4.78 is 16.9. The fraction of sp³-hybridized carbons (Fsp3) is 0.818. The molecule has 0 bridgehead atoms. The fourth-order valence-electron chi connectivity index (χ4n) is 2.46. The lowest BCUT2D eigenvalue weighted by molar-refractivity contribution is -0.125. The molecule has 0 spiro atoms. The number of carbonyl (C=O) groups excluding carboxylic acids is 4. The van der Waals surface area contributed by atoms with Gasteiger partial charge in [-0.05, 0) is 0 Å². The second-order valence-electron chi connectivity index (χ2n) is 8.08. The second-order valence-corrected chi connectivity index (χ2v) is 8.08. The van der Waals surface area contributed by atoms with Crippen molar-refractivity contribution in [3.8, 4) is 0 Å². The molecule has 0 saturated carbocycles. The summed E-state index contributed by atoms with van der Waals surface area (Å²) >= 11 is 0. The zero-order valence-corrected chi connectivity index (χ0v) is 19.2. The van der Waals surface area contributed by atoms with Gasteiger partial charge >= 0.3 is 0 Å². The van der Waals surface area contributed by atoms with Crippen molar-refractivity contribution < 1.29 is 33.4 Å². The van der Waals surface area contributed by atoms with Crippen molar-refractivity contribution in [1.29, 1.82) is 0 Å². The van der Waals surface area contributed by atoms with E-state index in [0.717, 1.165) is 0 Å². The molecule has 174 valence electrons. The van der Waals surface area contributed by atoms with Gasteiger partial charge in [0.05, 0.1) is 39.6 Å². The molecule has 0 saturated heterocycles. The smallest absolute Gasteiger partial charge is 0.207 e. The minimum Gasteiger partial charge on any atom is -0.378 e. The highest BCUT2D eigenvalue weighted by Gasteiger charge is 2.31.